The molecule has 0 aromatic carbocycles. The maximum absolute atomic E-state index is 11.0. The molecule has 0 saturated carbocycles. The Labute approximate surface area is 96.6 Å². The van der Waals surface area contributed by atoms with Crippen molar-refractivity contribution in [2.75, 3.05) is 6.61 Å². The van der Waals surface area contributed by atoms with Crippen LogP contribution < -0.4 is 0 Å². The van der Waals surface area contributed by atoms with Gasteiger partial charge in [0.05, 0.1) is 6.61 Å². The molecule has 0 atom stereocenters. The van der Waals surface area contributed by atoms with E-state index in [1.54, 1.807) is 0 Å². The van der Waals surface area contributed by atoms with Gasteiger partial charge in [0, 0.05) is 11.6 Å². The normalized spacial score (nSPS) is 8.38. The molecule has 16 heavy (non-hydrogen) atoms. The third-order valence-corrected chi connectivity index (χ3v) is 1.45. The maximum Gasteiger partial charge on any atom is 0.333 e. The van der Waals surface area contributed by atoms with E-state index >= 15 is 0 Å². The number of ether oxygens (including phenoxy) is 1. The Hall–Kier alpha value is -1.58. The molecule has 4 heteroatoms. The average Bonchev–Trinajstić information content (AvgIpc) is 2.26. The van der Waals surface area contributed by atoms with E-state index in [1.807, 2.05) is 13.8 Å². The summed E-state index contributed by atoms with van der Waals surface area (Å²) in [7, 11) is 0. The third kappa shape index (κ3) is 12.4. The molecule has 0 spiro atoms. The molecule has 92 valence electrons. The fraction of sp³-hybridized carbons (Fsp3) is 0.500. The molecular weight excluding hydrogens is 208 g/mol. The number of hydrogen-bond acceptors (Lipinski definition) is 3. The number of carbonyl (C=O) groups is 2. The molecule has 0 bridgehead atoms. The molecule has 0 amide bonds. The molecule has 0 rings (SSSR count). The minimum atomic E-state index is -0.981. The summed E-state index contributed by atoms with van der Waals surface area (Å²) in [5.41, 5.74) is 0.584. The molecule has 0 aliphatic carbocycles. The summed E-state index contributed by atoms with van der Waals surface area (Å²) in [4.78, 5) is 20.2. The van der Waals surface area contributed by atoms with Crippen LogP contribution in [0.1, 0.15) is 33.1 Å². The summed E-state index contributed by atoms with van der Waals surface area (Å²) in [6.07, 6.45) is 3.38. The standard InChI is InChI=1S/C9H16O2.C3H4O2/c1-4-6-8(3)9(10)11-7-5-2;1-2-3(4)5/h3-7H2,1-2H3;2H,1H2,(H,4,5). The quantitative estimate of drug-likeness (QED) is 0.560. The molecule has 0 saturated heterocycles. The zero-order valence-corrected chi connectivity index (χ0v) is 9.99. The molecule has 0 radical (unpaired) electrons. The zero-order chi connectivity index (χ0) is 13.0. The predicted octanol–water partition coefficient (Wildman–Crippen LogP) is 2.55. The number of hydrogen-bond donors (Lipinski definition) is 1. The summed E-state index contributed by atoms with van der Waals surface area (Å²) in [6, 6.07) is 0. The molecule has 0 unspecified atom stereocenters. The number of carboxylic acid groups (broad SMARTS) is 1. The van der Waals surface area contributed by atoms with Crippen LogP contribution in [0, 0.1) is 0 Å². The predicted molar refractivity (Wildman–Crippen MR) is 63.1 cm³/mol. The van der Waals surface area contributed by atoms with Gasteiger partial charge in [0.25, 0.3) is 0 Å². The van der Waals surface area contributed by atoms with Gasteiger partial charge in [-0.05, 0) is 12.8 Å². The van der Waals surface area contributed by atoms with Crippen molar-refractivity contribution in [1.29, 1.82) is 0 Å². The van der Waals surface area contributed by atoms with Crippen LogP contribution in [0.25, 0.3) is 0 Å². The van der Waals surface area contributed by atoms with E-state index in [9.17, 15) is 9.59 Å². The molecule has 4 nitrogen and oxygen atoms in total. The van der Waals surface area contributed by atoms with Gasteiger partial charge in [-0.2, -0.15) is 0 Å². The Morgan fingerprint density at radius 3 is 2.12 bits per heavy atom. The van der Waals surface area contributed by atoms with E-state index in [4.69, 9.17) is 9.84 Å². The first-order valence-corrected chi connectivity index (χ1v) is 5.19. The van der Waals surface area contributed by atoms with E-state index in [-0.39, 0.29) is 5.97 Å². The van der Waals surface area contributed by atoms with Gasteiger partial charge in [-0.25, -0.2) is 9.59 Å². The topological polar surface area (TPSA) is 63.6 Å². The van der Waals surface area contributed by atoms with Crippen molar-refractivity contribution in [1.82, 2.24) is 0 Å². The second-order valence-corrected chi connectivity index (χ2v) is 3.03. The van der Waals surface area contributed by atoms with Crippen LogP contribution in [0.3, 0.4) is 0 Å². The van der Waals surface area contributed by atoms with E-state index in [0.717, 1.165) is 25.3 Å². The van der Waals surface area contributed by atoms with Crippen LogP contribution in [0.4, 0.5) is 0 Å². The average molecular weight is 228 g/mol. The van der Waals surface area contributed by atoms with Gasteiger partial charge >= 0.3 is 11.9 Å². The second kappa shape index (κ2) is 11.5. The lowest BCUT2D eigenvalue weighted by Gasteiger charge is -2.03. The molecule has 0 fully saturated rings. The number of rotatable bonds is 6. The maximum atomic E-state index is 11.0. The minimum Gasteiger partial charge on any atom is -0.478 e. The summed E-state index contributed by atoms with van der Waals surface area (Å²) in [5, 5.41) is 7.60. The third-order valence-electron chi connectivity index (χ3n) is 1.45. The summed E-state index contributed by atoms with van der Waals surface area (Å²) >= 11 is 0. The molecule has 0 aliphatic heterocycles. The van der Waals surface area contributed by atoms with E-state index < -0.39 is 5.97 Å². The van der Waals surface area contributed by atoms with E-state index in [0.29, 0.717) is 12.2 Å². The number of esters is 1. The van der Waals surface area contributed by atoms with Crippen LogP contribution in [-0.4, -0.2) is 23.7 Å². The van der Waals surface area contributed by atoms with E-state index in [1.165, 1.54) is 0 Å². The highest BCUT2D eigenvalue weighted by molar-refractivity contribution is 5.87. The van der Waals surface area contributed by atoms with Crippen LogP contribution in [0.15, 0.2) is 24.8 Å². The minimum absolute atomic E-state index is 0.242. The largest absolute Gasteiger partial charge is 0.478 e. The van der Waals surface area contributed by atoms with Gasteiger partial charge in [-0.1, -0.05) is 33.4 Å². The summed E-state index contributed by atoms with van der Waals surface area (Å²) in [6.45, 7) is 11.1. The Morgan fingerprint density at radius 2 is 1.81 bits per heavy atom. The van der Waals surface area contributed by atoms with Crippen LogP contribution >= 0.6 is 0 Å². The smallest absolute Gasteiger partial charge is 0.333 e. The van der Waals surface area contributed by atoms with Crippen molar-refractivity contribution in [2.45, 2.75) is 33.1 Å². The molecular formula is C12H20O4. The second-order valence-electron chi connectivity index (χ2n) is 3.03. The molecule has 0 aromatic heterocycles. The van der Waals surface area contributed by atoms with Crippen LogP contribution in [0.2, 0.25) is 0 Å². The highest BCUT2D eigenvalue weighted by atomic mass is 16.5. The lowest BCUT2D eigenvalue weighted by Crippen LogP contribution is -2.07. The fourth-order valence-electron chi connectivity index (χ4n) is 0.701. The van der Waals surface area contributed by atoms with Gasteiger partial charge in [0.15, 0.2) is 0 Å². The van der Waals surface area contributed by atoms with Crippen LogP contribution in [0.5, 0.6) is 0 Å². The molecule has 0 aromatic rings. The first-order valence-electron chi connectivity index (χ1n) is 5.19. The SMILES string of the molecule is C=C(CCC)C(=O)OCCC.C=CC(=O)O. The Balaban J connectivity index is 0. The number of carboxylic acids is 1. The molecule has 0 heterocycles. The van der Waals surface area contributed by atoms with Crippen molar-refractivity contribution < 1.29 is 19.4 Å². The summed E-state index contributed by atoms with van der Waals surface area (Å²) in [5.74, 6) is -1.22. The van der Waals surface area contributed by atoms with Crippen LogP contribution in [-0.2, 0) is 14.3 Å². The monoisotopic (exact) mass is 228 g/mol. The fourth-order valence-corrected chi connectivity index (χ4v) is 0.701. The van der Waals surface area contributed by atoms with Crippen molar-refractivity contribution >= 4 is 11.9 Å². The first kappa shape index (κ1) is 16.8. The highest BCUT2D eigenvalue weighted by Gasteiger charge is 2.05. The van der Waals surface area contributed by atoms with Crippen molar-refractivity contribution in [3.05, 3.63) is 24.8 Å². The van der Waals surface area contributed by atoms with Gasteiger partial charge in [0.2, 0.25) is 0 Å². The zero-order valence-electron chi connectivity index (χ0n) is 9.99. The van der Waals surface area contributed by atoms with Crippen molar-refractivity contribution in [3.8, 4) is 0 Å². The number of carbonyl (C=O) groups excluding carboxylic acids is 1. The highest BCUT2D eigenvalue weighted by Crippen LogP contribution is 2.03. The molecule has 1 N–H and O–H groups in total. The first-order chi connectivity index (χ1) is 7.49. The van der Waals surface area contributed by atoms with Gasteiger partial charge in [-0.15, -0.1) is 0 Å². The van der Waals surface area contributed by atoms with Crippen molar-refractivity contribution in [3.63, 3.8) is 0 Å². The number of aliphatic carboxylic acids is 1. The molecule has 0 aliphatic rings. The Morgan fingerprint density at radius 1 is 1.31 bits per heavy atom. The lowest BCUT2D eigenvalue weighted by molar-refractivity contribution is -0.139. The van der Waals surface area contributed by atoms with Gasteiger partial charge in [-0.3, -0.25) is 0 Å². The Kier molecular flexibility index (Phi) is 12.1. The van der Waals surface area contributed by atoms with Gasteiger partial charge in [0.1, 0.15) is 0 Å². The Bertz CT molecular complexity index is 243. The summed E-state index contributed by atoms with van der Waals surface area (Å²) < 4.78 is 4.87. The van der Waals surface area contributed by atoms with Crippen molar-refractivity contribution in [2.24, 2.45) is 0 Å². The van der Waals surface area contributed by atoms with E-state index in [2.05, 4.69) is 13.2 Å². The van der Waals surface area contributed by atoms with Gasteiger partial charge < -0.3 is 9.84 Å². The lowest BCUT2D eigenvalue weighted by atomic mass is 10.2.